The summed E-state index contributed by atoms with van der Waals surface area (Å²) >= 11 is 0. The molecule has 3 heterocycles. The summed E-state index contributed by atoms with van der Waals surface area (Å²) < 4.78 is 5.89. The molecule has 116 valence electrons. The Hall–Kier alpha value is -2.17. The highest BCUT2D eigenvalue weighted by Gasteiger charge is 2.21. The molecular formula is C17H22N4O. The lowest BCUT2D eigenvalue weighted by atomic mass is 9.98. The van der Waals surface area contributed by atoms with Crippen LogP contribution in [0.15, 0.2) is 30.7 Å². The van der Waals surface area contributed by atoms with Crippen LogP contribution in [-0.2, 0) is 0 Å². The van der Waals surface area contributed by atoms with Gasteiger partial charge in [0, 0.05) is 43.4 Å². The zero-order valence-electron chi connectivity index (χ0n) is 13.2. The van der Waals surface area contributed by atoms with E-state index in [0.717, 1.165) is 55.5 Å². The molecule has 0 radical (unpaired) electrons. The molecule has 0 amide bonds. The fraction of sp³-hybridized carbons (Fsp3) is 0.471. The minimum absolute atomic E-state index is 0.593. The Morgan fingerprint density at radius 2 is 1.86 bits per heavy atom. The number of aryl methyl sites for hydroxylation is 2. The van der Waals surface area contributed by atoms with Gasteiger partial charge in [-0.05, 0) is 44.2 Å². The van der Waals surface area contributed by atoms with Crippen molar-refractivity contribution in [2.24, 2.45) is 5.92 Å². The Morgan fingerprint density at radius 1 is 1.14 bits per heavy atom. The highest BCUT2D eigenvalue weighted by atomic mass is 16.5. The van der Waals surface area contributed by atoms with Crippen LogP contribution in [0.4, 0.5) is 5.95 Å². The van der Waals surface area contributed by atoms with E-state index in [2.05, 4.69) is 19.9 Å². The Bertz CT molecular complexity index is 606. The highest BCUT2D eigenvalue weighted by molar-refractivity contribution is 5.30. The predicted molar refractivity (Wildman–Crippen MR) is 86.2 cm³/mol. The van der Waals surface area contributed by atoms with Crippen molar-refractivity contribution in [1.82, 2.24) is 15.0 Å². The van der Waals surface area contributed by atoms with Crippen molar-refractivity contribution in [1.29, 1.82) is 0 Å². The van der Waals surface area contributed by atoms with E-state index in [1.165, 1.54) is 0 Å². The van der Waals surface area contributed by atoms with E-state index < -0.39 is 0 Å². The summed E-state index contributed by atoms with van der Waals surface area (Å²) in [7, 11) is 0. The molecule has 0 atom stereocenters. The molecule has 0 unspecified atom stereocenters. The number of hydrogen-bond donors (Lipinski definition) is 0. The van der Waals surface area contributed by atoms with Crippen LogP contribution in [0, 0.1) is 19.8 Å². The fourth-order valence-electron chi connectivity index (χ4n) is 2.67. The summed E-state index contributed by atoms with van der Waals surface area (Å²) in [5, 5.41) is 0. The van der Waals surface area contributed by atoms with Crippen LogP contribution in [0.5, 0.6) is 5.75 Å². The standard InChI is InChI=1S/C17H22N4O/c1-13-10-19-17(20-11-13)21-7-4-15(5-8-21)12-22-16-3-6-18-14(2)9-16/h3,6,9-11,15H,4-5,7-8,12H2,1-2H3. The molecular weight excluding hydrogens is 276 g/mol. The zero-order valence-corrected chi connectivity index (χ0v) is 13.2. The van der Waals surface area contributed by atoms with Crippen LogP contribution < -0.4 is 9.64 Å². The van der Waals surface area contributed by atoms with E-state index >= 15 is 0 Å². The molecule has 0 N–H and O–H groups in total. The summed E-state index contributed by atoms with van der Waals surface area (Å²) in [6.45, 7) is 6.74. The van der Waals surface area contributed by atoms with E-state index in [4.69, 9.17) is 4.74 Å². The Labute approximate surface area is 131 Å². The molecule has 0 aliphatic carbocycles. The third-order valence-electron chi connectivity index (χ3n) is 4.02. The topological polar surface area (TPSA) is 51.1 Å². The van der Waals surface area contributed by atoms with Crippen LogP contribution in [-0.4, -0.2) is 34.6 Å². The summed E-state index contributed by atoms with van der Waals surface area (Å²) in [5.41, 5.74) is 2.09. The highest BCUT2D eigenvalue weighted by Crippen LogP contribution is 2.22. The van der Waals surface area contributed by atoms with Gasteiger partial charge in [0.25, 0.3) is 0 Å². The summed E-state index contributed by atoms with van der Waals surface area (Å²) in [5.74, 6) is 2.35. The van der Waals surface area contributed by atoms with Gasteiger partial charge in [0.1, 0.15) is 5.75 Å². The van der Waals surface area contributed by atoms with Gasteiger partial charge in [-0.15, -0.1) is 0 Å². The van der Waals surface area contributed by atoms with Gasteiger partial charge in [-0.25, -0.2) is 9.97 Å². The Kier molecular flexibility index (Phi) is 4.51. The number of anilines is 1. The fourth-order valence-corrected chi connectivity index (χ4v) is 2.67. The average molecular weight is 298 g/mol. The summed E-state index contributed by atoms with van der Waals surface area (Å²) in [4.78, 5) is 15.3. The molecule has 2 aromatic heterocycles. The average Bonchev–Trinajstić information content (AvgIpc) is 2.54. The second-order valence-corrected chi connectivity index (χ2v) is 5.93. The monoisotopic (exact) mass is 298 g/mol. The maximum Gasteiger partial charge on any atom is 0.225 e. The van der Waals surface area contributed by atoms with Crippen molar-refractivity contribution in [2.75, 3.05) is 24.6 Å². The van der Waals surface area contributed by atoms with Gasteiger partial charge < -0.3 is 9.64 Å². The van der Waals surface area contributed by atoms with Crippen LogP contribution in [0.2, 0.25) is 0 Å². The van der Waals surface area contributed by atoms with E-state index in [1.54, 1.807) is 6.20 Å². The minimum Gasteiger partial charge on any atom is -0.493 e. The van der Waals surface area contributed by atoms with E-state index in [-0.39, 0.29) is 0 Å². The first kappa shape index (κ1) is 14.8. The lowest BCUT2D eigenvalue weighted by molar-refractivity contribution is 0.222. The van der Waals surface area contributed by atoms with Gasteiger partial charge in [0.15, 0.2) is 0 Å². The Balaban J connectivity index is 1.48. The van der Waals surface area contributed by atoms with Crippen molar-refractivity contribution in [3.8, 4) is 5.75 Å². The quantitative estimate of drug-likeness (QED) is 0.868. The minimum atomic E-state index is 0.593. The number of piperidine rings is 1. The third kappa shape index (κ3) is 3.72. The second-order valence-electron chi connectivity index (χ2n) is 5.93. The lowest BCUT2D eigenvalue weighted by Crippen LogP contribution is -2.36. The van der Waals surface area contributed by atoms with Gasteiger partial charge in [-0.2, -0.15) is 0 Å². The molecule has 1 fully saturated rings. The van der Waals surface area contributed by atoms with Crippen LogP contribution in [0.25, 0.3) is 0 Å². The Morgan fingerprint density at radius 3 is 2.55 bits per heavy atom. The van der Waals surface area contributed by atoms with Crippen LogP contribution >= 0.6 is 0 Å². The smallest absolute Gasteiger partial charge is 0.225 e. The predicted octanol–water partition coefficient (Wildman–Crippen LogP) is 2.78. The van der Waals surface area contributed by atoms with Gasteiger partial charge in [-0.3, -0.25) is 4.98 Å². The molecule has 5 nitrogen and oxygen atoms in total. The van der Waals surface area contributed by atoms with Gasteiger partial charge in [0.2, 0.25) is 5.95 Å². The number of ether oxygens (including phenoxy) is 1. The van der Waals surface area contributed by atoms with Crippen LogP contribution in [0.1, 0.15) is 24.1 Å². The molecule has 1 aliphatic rings. The SMILES string of the molecule is Cc1cnc(N2CCC(COc3ccnc(C)c3)CC2)nc1. The zero-order chi connectivity index (χ0) is 15.4. The first-order chi connectivity index (χ1) is 10.7. The number of hydrogen-bond acceptors (Lipinski definition) is 5. The summed E-state index contributed by atoms with van der Waals surface area (Å²) in [6, 6.07) is 3.90. The van der Waals surface area contributed by atoms with Gasteiger partial charge in [-0.1, -0.05) is 0 Å². The molecule has 3 rings (SSSR count). The van der Waals surface area contributed by atoms with Crippen molar-refractivity contribution < 1.29 is 4.74 Å². The van der Waals surface area contributed by atoms with E-state index in [0.29, 0.717) is 5.92 Å². The van der Waals surface area contributed by atoms with Crippen molar-refractivity contribution in [3.05, 3.63) is 42.0 Å². The van der Waals surface area contributed by atoms with Crippen molar-refractivity contribution in [3.63, 3.8) is 0 Å². The van der Waals surface area contributed by atoms with E-state index in [9.17, 15) is 0 Å². The number of nitrogens with zero attached hydrogens (tertiary/aromatic N) is 4. The third-order valence-corrected chi connectivity index (χ3v) is 4.02. The summed E-state index contributed by atoms with van der Waals surface area (Å²) in [6.07, 6.45) is 7.78. The van der Waals surface area contributed by atoms with E-state index in [1.807, 2.05) is 38.4 Å². The maximum absolute atomic E-state index is 5.89. The molecule has 5 heteroatoms. The van der Waals surface area contributed by atoms with Gasteiger partial charge in [0.05, 0.1) is 6.61 Å². The van der Waals surface area contributed by atoms with Crippen LogP contribution in [0.3, 0.4) is 0 Å². The second kappa shape index (κ2) is 6.73. The largest absolute Gasteiger partial charge is 0.493 e. The molecule has 22 heavy (non-hydrogen) atoms. The molecule has 0 saturated carbocycles. The molecule has 0 aromatic carbocycles. The number of pyridine rings is 1. The van der Waals surface area contributed by atoms with Crippen molar-refractivity contribution in [2.45, 2.75) is 26.7 Å². The molecule has 0 bridgehead atoms. The number of rotatable bonds is 4. The first-order valence-corrected chi connectivity index (χ1v) is 7.80. The normalized spacial score (nSPS) is 15.8. The van der Waals surface area contributed by atoms with Crippen molar-refractivity contribution >= 4 is 5.95 Å². The molecule has 0 spiro atoms. The first-order valence-electron chi connectivity index (χ1n) is 7.80. The molecule has 2 aromatic rings. The maximum atomic E-state index is 5.89. The van der Waals surface area contributed by atoms with Gasteiger partial charge >= 0.3 is 0 Å². The molecule has 1 saturated heterocycles. The molecule has 1 aliphatic heterocycles. The number of aromatic nitrogens is 3. The lowest BCUT2D eigenvalue weighted by Gasteiger charge is -2.31.